The minimum Gasteiger partial charge on any atom is -0.335 e. The van der Waals surface area contributed by atoms with Crippen molar-refractivity contribution in [1.82, 2.24) is 19.9 Å². The van der Waals surface area contributed by atoms with Crippen molar-refractivity contribution in [2.45, 2.75) is 46.1 Å². The van der Waals surface area contributed by atoms with E-state index >= 15 is 0 Å². The molecule has 4 rings (SSSR count). The van der Waals surface area contributed by atoms with Gasteiger partial charge in [-0.15, -0.1) is 0 Å². The third kappa shape index (κ3) is 2.93. The van der Waals surface area contributed by atoms with Gasteiger partial charge in [0.2, 0.25) is 0 Å². The van der Waals surface area contributed by atoms with E-state index in [0.29, 0.717) is 12.4 Å². The Morgan fingerprint density at radius 3 is 2.77 bits per heavy atom. The number of fused-ring (bicyclic) bond motifs is 2. The fourth-order valence-electron chi connectivity index (χ4n) is 5.05. The molecule has 3 heterocycles. The zero-order chi connectivity index (χ0) is 18.5. The van der Waals surface area contributed by atoms with E-state index in [9.17, 15) is 9.59 Å². The number of likely N-dealkylation sites (tertiary alicyclic amines) is 1. The van der Waals surface area contributed by atoms with E-state index in [2.05, 4.69) is 35.7 Å². The third-order valence-corrected chi connectivity index (χ3v) is 5.64. The zero-order valence-electron chi connectivity index (χ0n) is 15.5. The Morgan fingerprint density at radius 2 is 2.08 bits per heavy atom. The third-order valence-electron chi connectivity index (χ3n) is 5.64. The standard InChI is InChI=1S/C20H24N4O2/c1-19(2)7-14-8-20(3,11-19)12-24(14)18(26)15-10-22-16(23-17(15)25)13-5-4-6-21-9-13/h4-6,9-10,14H,7-8,11-12H2,1-3H3,(H,22,23,25)/t14-,20-/m1/s1. The summed E-state index contributed by atoms with van der Waals surface area (Å²) in [5.41, 5.74) is 0.801. The van der Waals surface area contributed by atoms with Crippen molar-refractivity contribution in [2.75, 3.05) is 6.54 Å². The van der Waals surface area contributed by atoms with Crippen molar-refractivity contribution < 1.29 is 4.79 Å². The van der Waals surface area contributed by atoms with Gasteiger partial charge in [-0.25, -0.2) is 4.98 Å². The second kappa shape index (κ2) is 5.76. The van der Waals surface area contributed by atoms with Crippen LogP contribution in [0.5, 0.6) is 0 Å². The van der Waals surface area contributed by atoms with Crippen LogP contribution in [-0.2, 0) is 0 Å². The van der Waals surface area contributed by atoms with E-state index in [4.69, 9.17) is 0 Å². The molecule has 1 saturated heterocycles. The number of H-pyrrole nitrogens is 1. The van der Waals surface area contributed by atoms with Gasteiger partial charge in [-0.3, -0.25) is 14.6 Å². The molecule has 6 nitrogen and oxygen atoms in total. The summed E-state index contributed by atoms with van der Waals surface area (Å²) in [6.07, 6.45) is 7.79. The maximum atomic E-state index is 13.1. The average Bonchev–Trinajstić information content (AvgIpc) is 2.84. The predicted octanol–water partition coefficient (Wildman–Crippen LogP) is 2.87. The van der Waals surface area contributed by atoms with Crippen LogP contribution < -0.4 is 5.56 Å². The van der Waals surface area contributed by atoms with Crippen LogP contribution in [0.25, 0.3) is 11.4 Å². The van der Waals surface area contributed by atoms with Gasteiger partial charge >= 0.3 is 0 Å². The first kappa shape index (κ1) is 16.9. The van der Waals surface area contributed by atoms with Crippen LogP contribution in [0, 0.1) is 10.8 Å². The number of nitrogens with zero attached hydrogens (tertiary/aromatic N) is 3. The minimum atomic E-state index is -0.394. The van der Waals surface area contributed by atoms with E-state index in [1.807, 2.05) is 11.0 Å². The number of rotatable bonds is 2. The Morgan fingerprint density at radius 1 is 1.27 bits per heavy atom. The molecule has 0 unspecified atom stereocenters. The number of carbonyl (C=O) groups is 1. The largest absolute Gasteiger partial charge is 0.335 e. The Kier molecular flexibility index (Phi) is 3.75. The van der Waals surface area contributed by atoms with Crippen molar-refractivity contribution in [3.63, 3.8) is 0 Å². The smallest absolute Gasteiger partial charge is 0.264 e. The second-order valence-corrected chi connectivity index (χ2v) is 8.86. The SMILES string of the molecule is CC1(C)C[C@@H]2C[C@@](C)(CN2C(=O)c2cnc(-c3cccnc3)[nH]c2=O)C1. The van der Waals surface area contributed by atoms with Crippen LogP contribution in [0.15, 0.2) is 35.5 Å². The fraction of sp³-hybridized carbons (Fsp3) is 0.500. The molecule has 0 aromatic carbocycles. The van der Waals surface area contributed by atoms with Crippen molar-refractivity contribution >= 4 is 5.91 Å². The van der Waals surface area contributed by atoms with Gasteiger partial charge in [0, 0.05) is 36.7 Å². The van der Waals surface area contributed by atoms with E-state index in [-0.39, 0.29) is 28.3 Å². The number of hydrogen-bond donors (Lipinski definition) is 1. The van der Waals surface area contributed by atoms with Gasteiger partial charge in [0.1, 0.15) is 11.4 Å². The zero-order valence-corrected chi connectivity index (χ0v) is 15.5. The van der Waals surface area contributed by atoms with Gasteiger partial charge in [-0.1, -0.05) is 20.8 Å². The summed E-state index contributed by atoms with van der Waals surface area (Å²) in [5.74, 6) is 0.218. The molecule has 1 aliphatic carbocycles. The summed E-state index contributed by atoms with van der Waals surface area (Å²) in [4.78, 5) is 38.6. The average molecular weight is 352 g/mol. The van der Waals surface area contributed by atoms with Crippen LogP contribution in [0.2, 0.25) is 0 Å². The lowest BCUT2D eigenvalue weighted by Crippen LogP contribution is -2.39. The Bertz CT molecular complexity index is 906. The molecule has 6 heteroatoms. The van der Waals surface area contributed by atoms with E-state index in [0.717, 1.165) is 24.8 Å². The number of aromatic amines is 1. The van der Waals surface area contributed by atoms with Crippen molar-refractivity contribution in [3.8, 4) is 11.4 Å². The normalized spacial score (nSPS) is 26.7. The number of amides is 1. The maximum absolute atomic E-state index is 13.1. The van der Waals surface area contributed by atoms with Gasteiger partial charge in [-0.2, -0.15) is 0 Å². The van der Waals surface area contributed by atoms with Crippen LogP contribution in [0.1, 0.15) is 50.4 Å². The molecular formula is C20H24N4O2. The predicted molar refractivity (Wildman–Crippen MR) is 98.7 cm³/mol. The first-order valence-corrected chi connectivity index (χ1v) is 9.07. The number of aromatic nitrogens is 3. The molecule has 2 bridgehead atoms. The molecule has 2 aromatic rings. The first-order valence-electron chi connectivity index (χ1n) is 9.07. The molecule has 1 amide bonds. The highest BCUT2D eigenvalue weighted by molar-refractivity contribution is 5.94. The van der Waals surface area contributed by atoms with Crippen LogP contribution in [0.3, 0.4) is 0 Å². The summed E-state index contributed by atoms with van der Waals surface area (Å²) in [7, 11) is 0. The minimum absolute atomic E-state index is 0.117. The number of pyridine rings is 1. The van der Waals surface area contributed by atoms with Gasteiger partial charge in [0.25, 0.3) is 11.5 Å². The lowest BCUT2D eigenvalue weighted by molar-refractivity contribution is 0.0706. The molecule has 136 valence electrons. The number of nitrogens with one attached hydrogen (secondary N) is 1. The Hall–Kier alpha value is -2.50. The van der Waals surface area contributed by atoms with Crippen LogP contribution in [0.4, 0.5) is 0 Å². The lowest BCUT2D eigenvalue weighted by Gasteiger charge is -2.39. The maximum Gasteiger partial charge on any atom is 0.264 e. The highest BCUT2D eigenvalue weighted by Crippen LogP contribution is 2.52. The van der Waals surface area contributed by atoms with Gasteiger partial charge < -0.3 is 9.88 Å². The monoisotopic (exact) mass is 352 g/mol. The summed E-state index contributed by atoms with van der Waals surface area (Å²) in [6.45, 7) is 7.50. The van der Waals surface area contributed by atoms with E-state index in [1.54, 1.807) is 18.5 Å². The Labute approximate surface area is 152 Å². The van der Waals surface area contributed by atoms with Gasteiger partial charge in [-0.05, 0) is 42.2 Å². The van der Waals surface area contributed by atoms with Crippen molar-refractivity contribution in [2.24, 2.45) is 10.8 Å². The number of carbonyl (C=O) groups excluding carboxylic acids is 1. The molecule has 0 radical (unpaired) electrons. The van der Waals surface area contributed by atoms with Crippen LogP contribution >= 0.6 is 0 Å². The first-order chi connectivity index (χ1) is 12.3. The second-order valence-electron chi connectivity index (χ2n) is 8.86. The molecule has 1 N–H and O–H groups in total. The van der Waals surface area contributed by atoms with Crippen molar-refractivity contribution in [1.29, 1.82) is 0 Å². The lowest BCUT2D eigenvalue weighted by atomic mass is 9.65. The highest BCUT2D eigenvalue weighted by atomic mass is 16.2. The molecular weight excluding hydrogens is 328 g/mol. The fourth-order valence-corrected chi connectivity index (χ4v) is 5.05. The van der Waals surface area contributed by atoms with E-state index < -0.39 is 5.56 Å². The molecule has 1 aliphatic heterocycles. The molecule has 2 aromatic heterocycles. The van der Waals surface area contributed by atoms with Gasteiger partial charge in [0.05, 0.1) is 0 Å². The van der Waals surface area contributed by atoms with Crippen LogP contribution in [-0.4, -0.2) is 38.3 Å². The Balaban J connectivity index is 1.63. The summed E-state index contributed by atoms with van der Waals surface area (Å²) in [6, 6.07) is 3.80. The van der Waals surface area contributed by atoms with Gasteiger partial charge in [0.15, 0.2) is 0 Å². The molecule has 2 aliphatic rings. The highest BCUT2D eigenvalue weighted by Gasteiger charge is 2.51. The molecule has 2 fully saturated rings. The molecule has 0 spiro atoms. The van der Waals surface area contributed by atoms with Crippen molar-refractivity contribution in [3.05, 3.63) is 46.6 Å². The molecule has 26 heavy (non-hydrogen) atoms. The van der Waals surface area contributed by atoms with E-state index in [1.165, 1.54) is 6.20 Å². The summed E-state index contributed by atoms with van der Waals surface area (Å²) >= 11 is 0. The number of hydrogen-bond acceptors (Lipinski definition) is 4. The summed E-state index contributed by atoms with van der Waals surface area (Å²) in [5, 5.41) is 0. The molecule has 2 atom stereocenters. The summed E-state index contributed by atoms with van der Waals surface area (Å²) < 4.78 is 0. The quantitative estimate of drug-likeness (QED) is 0.901. The molecule has 1 saturated carbocycles. The topological polar surface area (TPSA) is 79.0 Å².